The minimum absolute atomic E-state index is 0.111. The Labute approximate surface area is 143 Å². The van der Waals surface area contributed by atoms with Crippen molar-refractivity contribution in [1.82, 2.24) is 0 Å². The monoisotopic (exact) mass is 327 g/mol. The van der Waals surface area contributed by atoms with E-state index in [2.05, 4.69) is 12.1 Å². The average Bonchev–Trinajstić information content (AvgIpc) is 2.60. The molecule has 0 fully saturated rings. The highest BCUT2D eigenvalue weighted by molar-refractivity contribution is 5.74. The van der Waals surface area contributed by atoms with Crippen molar-refractivity contribution >= 4 is 5.91 Å². The maximum atomic E-state index is 11.4. The second-order valence-electron chi connectivity index (χ2n) is 5.76. The van der Waals surface area contributed by atoms with E-state index in [0.29, 0.717) is 13.0 Å². The largest absolute Gasteiger partial charge is 0.497 e. The summed E-state index contributed by atoms with van der Waals surface area (Å²) < 4.78 is 10.6. The molecule has 0 saturated heterocycles. The molecule has 1 unspecified atom stereocenters. The van der Waals surface area contributed by atoms with Crippen LogP contribution in [0.15, 0.2) is 48.5 Å². The number of hydrogen-bond donors (Lipinski definition) is 1. The summed E-state index contributed by atoms with van der Waals surface area (Å²) in [6, 6.07) is 15.9. The normalized spacial score (nSPS) is 11.8. The highest BCUT2D eigenvalue weighted by Crippen LogP contribution is 2.27. The van der Waals surface area contributed by atoms with Crippen molar-refractivity contribution in [2.75, 3.05) is 13.7 Å². The van der Waals surface area contributed by atoms with E-state index < -0.39 is 0 Å². The van der Waals surface area contributed by atoms with Gasteiger partial charge in [-0.25, -0.2) is 0 Å². The lowest BCUT2D eigenvalue weighted by molar-refractivity contribution is -0.118. The Morgan fingerprint density at radius 2 is 1.67 bits per heavy atom. The van der Waals surface area contributed by atoms with Crippen molar-refractivity contribution in [1.29, 1.82) is 0 Å². The Morgan fingerprint density at radius 3 is 2.21 bits per heavy atom. The fourth-order valence-electron chi connectivity index (χ4n) is 2.77. The van der Waals surface area contributed by atoms with E-state index in [1.807, 2.05) is 43.3 Å². The zero-order valence-electron chi connectivity index (χ0n) is 14.3. The van der Waals surface area contributed by atoms with Crippen molar-refractivity contribution < 1.29 is 14.3 Å². The molecule has 1 amide bonds. The third-order valence-corrected chi connectivity index (χ3v) is 4.05. The van der Waals surface area contributed by atoms with Gasteiger partial charge in [0.1, 0.15) is 11.5 Å². The number of amides is 1. The molecule has 1 atom stereocenters. The molecule has 24 heavy (non-hydrogen) atoms. The third kappa shape index (κ3) is 5.30. The highest BCUT2D eigenvalue weighted by Gasteiger charge is 2.15. The van der Waals surface area contributed by atoms with Crippen LogP contribution in [0.3, 0.4) is 0 Å². The van der Waals surface area contributed by atoms with E-state index in [9.17, 15) is 4.79 Å². The van der Waals surface area contributed by atoms with E-state index in [1.54, 1.807) is 7.11 Å². The molecule has 0 aromatic heterocycles. The van der Waals surface area contributed by atoms with Crippen LogP contribution in [-0.4, -0.2) is 19.6 Å². The van der Waals surface area contributed by atoms with Gasteiger partial charge in [0, 0.05) is 6.42 Å². The van der Waals surface area contributed by atoms with Crippen LogP contribution in [-0.2, 0) is 11.2 Å². The smallest absolute Gasteiger partial charge is 0.218 e. The fraction of sp³-hybridized carbons (Fsp3) is 0.350. The molecular weight excluding hydrogens is 302 g/mol. The zero-order valence-corrected chi connectivity index (χ0v) is 14.3. The molecule has 0 heterocycles. The lowest BCUT2D eigenvalue weighted by Crippen LogP contribution is -2.16. The summed E-state index contributed by atoms with van der Waals surface area (Å²) in [4.78, 5) is 11.4. The number of nitrogens with two attached hydrogens (primary N) is 1. The van der Waals surface area contributed by atoms with Gasteiger partial charge in [-0.1, -0.05) is 24.3 Å². The van der Waals surface area contributed by atoms with Gasteiger partial charge in [-0.15, -0.1) is 0 Å². The molecule has 4 nitrogen and oxygen atoms in total. The molecule has 0 spiro atoms. The first-order chi connectivity index (χ1) is 11.6. The van der Waals surface area contributed by atoms with E-state index in [4.69, 9.17) is 15.2 Å². The Morgan fingerprint density at radius 1 is 1.04 bits per heavy atom. The number of carbonyl (C=O) groups excluding carboxylic acids is 1. The molecule has 128 valence electrons. The quantitative estimate of drug-likeness (QED) is 0.764. The zero-order chi connectivity index (χ0) is 17.4. The van der Waals surface area contributed by atoms with Gasteiger partial charge in [-0.2, -0.15) is 0 Å². The summed E-state index contributed by atoms with van der Waals surface area (Å²) in [6.07, 6.45) is 2.10. The van der Waals surface area contributed by atoms with E-state index >= 15 is 0 Å². The summed E-state index contributed by atoms with van der Waals surface area (Å²) in [5, 5.41) is 0. The summed E-state index contributed by atoms with van der Waals surface area (Å²) in [7, 11) is 1.64. The number of rotatable bonds is 9. The molecule has 0 aliphatic rings. The number of carbonyl (C=O) groups is 1. The average molecular weight is 327 g/mol. The first-order valence-electron chi connectivity index (χ1n) is 8.26. The van der Waals surface area contributed by atoms with Crippen LogP contribution in [0.2, 0.25) is 0 Å². The van der Waals surface area contributed by atoms with Crippen molar-refractivity contribution in [2.45, 2.75) is 32.1 Å². The Hall–Kier alpha value is -2.49. The molecule has 0 aliphatic carbocycles. The van der Waals surface area contributed by atoms with Gasteiger partial charge in [-0.05, 0) is 61.1 Å². The molecular formula is C20H25NO3. The lowest BCUT2D eigenvalue weighted by Gasteiger charge is -2.16. The Kier molecular flexibility index (Phi) is 6.67. The predicted molar refractivity (Wildman–Crippen MR) is 95.5 cm³/mol. The molecule has 0 saturated carbocycles. The predicted octanol–water partition coefficient (Wildman–Crippen LogP) is 3.69. The molecule has 2 aromatic carbocycles. The summed E-state index contributed by atoms with van der Waals surface area (Å²) in [5.41, 5.74) is 7.76. The second kappa shape index (κ2) is 8.96. The SMILES string of the molecule is CCOc1ccc(CCC(CC(N)=O)c2ccc(OC)cc2)cc1. The van der Waals surface area contributed by atoms with Crippen molar-refractivity contribution in [3.8, 4) is 11.5 Å². The fourth-order valence-corrected chi connectivity index (χ4v) is 2.77. The molecule has 4 heteroatoms. The van der Waals surface area contributed by atoms with E-state index in [0.717, 1.165) is 29.9 Å². The van der Waals surface area contributed by atoms with Crippen molar-refractivity contribution in [3.63, 3.8) is 0 Å². The third-order valence-electron chi connectivity index (χ3n) is 4.05. The minimum Gasteiger partial charge on any atom is -0.497 e. The summed E-state index contributed by atoms with van der Waals surface area (Å²) in [6.45, 7) is 2.63. The first kappa shape index (κ1) is 17.9. The van der Waals surface area contributed by atoms with Gasteiger partial charge in [0.15, 0.2) is 0 Å². The van der Waals surface area contributed by atoms with Crippen LogP contribution in [0.1, 0.15) is 36.8 Å². The molecule has 0 aliphatic heterocycles. The number of ether oxygens (including phenoxy) is 2. The maximum Gasteiger partial charge on any atom is 0.218 e. The standard InChI is InChI=1S/C20H25NO3/c1-3-24-19-10-5-15(6-11-19)4-7-17(14-20(21)22)16-8-12-18(23-2)13-9-16/h5-6,8-13,17H,3-4,7,14H2,1-2H3,(H2,21,22). The van der Waals surface area contributed by atoms with Crippen molar-refractivity contribution in [3.05, 3.63) is 59.7 Å². The number of primary amides is 1. The van der Waals surface area contributed by atoms with Gasteiger partial charge in [0.05, 0.1) is 13.7 Å². The lowest BCUT2D eigenvalue weighted by atomic mass is 9.89. The van der Waals surface area contributed by atoms with Crippen molar-refractivity contribution in [2.24, 2.45) is 5.73 Å². The molecule has 2 N–H and O–H groups in total. The number of aryl methyl sites for hydroxylation is 1. The van der Waals surface area contributed by atoms with E-state index in [-0.39, 0.29) is 11.8 Å². The van der Waals surface area contributed by atoms with Gasteiger partial charge in [0.25, 0.3) is 0 Å². The van der Waals surface area contributed by atoms with Crippen LogP contribution in [0, 0.1) is 0 Å². The van der Waals surface area contributed by atoms with Gasteiger partial charge < -0.3 is 15.2 Å². The van der Waals surface area contributed by atoms with E-state index in [1.165, 1.54) is 5.56 Å². The van der Waals surface area contributed by atoms with Crippen LogP contribution >= 0.6 is 0 Å². The minimum atomic E-state index is -0.275. The summed E-state index contributed by atoms with van der Waals surface area (Å²) >= 11 is 0. The molecule has 2 rings (SSSR count). The Balaban J connectivity index is 2.03. The highest BCUT2D eigenvalue weighted by atomic mass is 16.5. The molecule has 2 aromatic rings. The molecule has 0 bridgehead atoms. The van der Waals surface area contributed by atoms with Crippen LogP contribution in [0.4, 0.5) is 0 Å². The Bertz CT molecular complexity index is 635. The summed E-state index contributed by atoms with van der Waals surface area (Å²) in [5.74, 6) is 1.52. The number of methoxy groups -OCH3 is 1. The number of benzene rings is 2. The van der Waals surface area contributed by atoms with Gasteiger partial charge >= 0.3 is 0 Å². The van der Waals surface area contributed by atoms with Crippen LogP contribution in [0.5, 0.6) is 11.5 Å². The van der Waals surface area contributed by atoms with Gasteiger partial charge in [0.2, 0.25) is 5.91 Å². The van der Waals surface area contributed by atoms with Crippen LogP contribution < -0.4 is 15.2 Å². The number of hydrogen-bond acceptors (Lipinski definition) is 3. The first-order valence-corrected chi connectivity index (χ1v) is 8.26. The second-order valence-corrected chi connectivity index (χ2v) is 5.76. The van der Waals surface area contributed by atoms with Gasteiger partial charge in [-0.3, -0.25) is 4.79 Å². The van der Waals surface area contributed by atoms with Crippen LogP contribution in [0.25, 0.3) is 0 Å². The molecule has 0 radical (unpaired) electrons. The topological polar surface area (TPSA) is 61.5 Å². The maximum absolute atomic E-state index is 11.4.